The summed E-state index contributed by atoms with van der Waals surface area (Å²) in [6, 6.07) is 6.10. The summed E-state index contributed by atoms with van der Waals surface area (Å²) >= 11 is 0. The molecular formula is C17H26N2O3S. The fourth-order valence-corrected chi connectivity index (χ4v) is 4.08. The first-order valence-electron chi connectivity index (χ1n) is 8.25. The highest BCUT2D eigenvalue weighted by molar-refractivity contribution is 7.89. The molecule has 2 unspecified atom stereocenters. The van der Waals surface area contributed by atoms with E-state index in [1.807, 2.05) is 18.7 Å². The van der Waals surface area contributed by atoms with Crippen LogP contribution in [0.4, 0.5) is 0 Å². The Balaban J connectivity index is 2.11. The van der Waals surface area contributed by atoms with Gasteiger partial charge in [-0.15, -0.1) is 0 Å². The van der Waals surface area contributed by atoms with E-state index in [9.17, 15) is 13.2 Å². The molecule has 1 fully saturated rings. The Kier molecular flexibility index (Phi) is 5.81. The minimum atomic E-state index is -3.52. The van der Waals surface area contributed by atoms with E-state index in [0.29, 0.717) is 11.5 Å². The largest absolute Gasteiger partial charge is 0.338 e. The molecule has 1 aromatic rings. The van der Waals surface area contributed by atoms with Gasteiger partial charge in [0.25, 0.3) is 5.91 Å². The van der Waals surface area contributed by atoms with Gasteiger partial charge in [0.05, 0.1) is 4.90 Å². The van der Waals surface area contributed by atoms with Crippen LogP contribution in [-0.2, 0) is 10.0 Å². The van der Waals surface area contributed by atoms with Crippen LogP contribution in [0.25, 0.3) is 0 Å². The van der Waals surface area contributed by atoms with Crippen molar-refractivity contribution in [2.75, 3.05) is 13.1 Å². The molecule has 0 spiro atoms. The third-order valence-corrected chi connectivity index (χ3v) is 5.93. The first kappa shape index (κ1) is 17.9. The molecule has 23 heavy (non-hydrogen) atoms. The first-order chi connectivity index (χ1) is 10.8. The molecule has 2 rings (SSSR count). The van der Waals surface area contributed by atoms with Gasteiger partial charge in [0.1, 0.15) is 0 Å². The molecule has 1 aliphatic heterocycles. The third-order valence-electron chi connectivity index (χ3n) is 4.32. The number of piperidine rings is 1. The van der Waals surface area contributed by atoms with Gasteiger partial charge < -0.3 is 4.90 Å². The van der Waals surface area contributed by atoms with E-state index in [2.05, 4.69) is 11.6 Å². The summed E-state index contributed by atoms with van der Waals surface area (Å²) in [6.07, 6.45) is 2.91. The third kappa shape index (κ3) is 4.54. The predicted molar refractivity (Wildman–Crippen MR) is 90.8 cm³/mol. The standard InChI is InChI=1S/C17H26N2O3S/c1-4-14(3)18-23(21,22)16-9-7-15(8-10-16)17(20)19-11-5-6-13(2)12-19/h7-10,13-14,18H,4-6,11-12H2,1-3H3. The Morgan fingerprint density at radius 3 is 2.57 bits per heavy atom. The van der Waals surface area contributed by atoms with Crippen LogP contribution >= 0.6 is 0 Å². The molecule has 0 radical (unpaired) electrons. The second-order valence-electron chi connectivity index (χ2n) is 6.45. The van der Waals surface area contributed by atoms with Gasteiger partial charge in [-0.25, -0.2) is 13.1 Å². The topological polar surface area (TPSA) is 66.5 Å². The lowest BCUT2D eigenvalue weighted by Gasteiger charge is -2.31. The molecule has 6 heteroatoms. The lowest BCUT2D eigenvalue weighted by molar-refractivity contribution is 0.0683. The summed E-state index contributed by atoms with van der Waals surface area (Å²) < 4.78 is 27.1. The Bertz CT molecular complexity index is 640. The van der Waals surface area contributed by atoms with E-state index in [-0.39, 0.29) is 16.8 Å². The maximum absolute atomic E-state index is 12.5. The number of hydrogen-bond donors (Lipinski definition) is 1. The number of hydrogen-bond acceptors (Lipinski definition) is 3. The second-order valence-corrected chi connectivity index (χ2v) is 8.17. The molecule has 1 heterocycles. The van der Waals surface area contributed by atoms with Crippen LogP contribution in [0.2, 0.25) is 0 Å². The number of carbonyl (C=O) groups is 1. The maximum atomic E-state index is 12.5. The summed E-state index contributed by atoms with van der Waals surface area (Å²) in [5.74, 6) is 0.502. The molecule has 0 saturated carbocycles. The summed E-state index contributed by atoms with van der Waals surface area (Å²) in [5.41, 5.74) is 0.543. The second kappa shape index (κ2) is 7.45. The Morgan fingerprint density at radius 1 is 1.35 bits per heavy atom. The number of carbonyl (C=O) groups excluding carboxylic acids is 1. The van der Waals surface area contributed by atoms with Gasteiger partial charge in [-0.1, -0.05) is 13.8 Å². The molecule has 128 valence electrons. The van der Waals surface area contributed by atoms with Crippen LogP contribution in [0.5, 0.6) is 0 Å². The number of amides is 1. The lowest BCUT2D eigenvalue weighted by Crippen LogP contribution is -2.39. The molecule has 5 nitrogen and oxygen atoms in total. The number of likely N-dealkylation sites (tertiary alicyclic amines) is 1. The van der Waals surface area contributed by atoms with E-state index in [1.54, 1.807) is 12.1 Å². The molecular weight excluding hydrogens is 312 g/mol. The summed E-state index contributed by atoms with van der Waals surface area (Å²) in [4.78, 5) is 14.5. The van der Waals surface area contributed by atoms with Crippen LogP contribution in [0, 0.1) is 5.92 Å². The van der Waals surface area contributed by atoms with Gasteiger partial charge in [0, 0.05) is 24.7 Å². The molecule has 1 saturated heterocycles. The number of sulfonamides is 1. The number of rotatable bonds is 5. The number of nitrogens with zero attached hydrogens (tertiary/aromatic N) is 1. The lowest BCUT2D eigenvalue weighted by atomic mass is 9.99. The minimum Gasteiger partial charge on any atom is -0.338 e. The average Bonchev–Trinajstić information content (AvgIpc) is 2.53. The SMILES string of the molecule is CCC(C)NS(=O)(=O)c1ccc(C(=O)N2CCCC(C)C2)cc1. The van der Waals surface area contributed by atoms with Crippen molar-refractivity contribution in [1.82, 2.24) is 9.62 Å². The fraction of sp³-hybridized carbons (Fsp3) is 0.588. The van der Waals surface area contributed by atoms with E-state index in [4.69, 9.17) is 0 Å². The number of benzene rings is 1. The van der Waals surface area contributed by atoms with Crippen molar-refractivity contribution in [2.24, 2.45) is 5.92 Å². The van der Waals surface area contributed by atoms with Gasteiger partial charge in [0.15, 0.2) is 0 Å². The van der Waals surface area contributed by atoms with E-state index in [1.165, 1.54) is 12.1 Å². The van der Waals surface area contributed by atoms with Crippen molar-refractivity contribution < 1.29 is 13.2 Å². The highest BCUT2D eigenvalue weighted by Gasteiger charge is 2.23. The molecule has 0 bridgehead atoms. The van der Waals surface area contributed by atoms with E-state index in [0.717, 1.165) is 32.4 Å². The smallest absolute Gasteiger partial charge is 0.253 e. The van der Waals surface area contributed by atoms with Crippen LogP contribution in [0.1, 0.15) is 50.4 Å². The molecule has 1 N–H and O–H groups in total. The number of nitrogens with one attached hydrogen (secondary N) is 1. The van der Waals surface area contributed by atoms with Crippen molar-refractivity contribution in [3.05, 3.63) is 29.8 Å². The summed E-state index contributed by atoms with van der Waals surface area (Å²) in [5, 5.41) is 0. The highest BCUT2D eigenvalue weighted by atomic mass is 32.2. The average molecular weight is 338 g/mol. The maximum Gasteiger partial charge on any atom is 0.253 e. The zero-order valence-corrected chi connectivity index (χ0v) is 14.9. The van der Waals surface area contributed by atoms with Crippen LogP contribution in [0.3, 0.4) is 0 Å². The van der Waals surface area contributed by atoms with Gasteiger partial charge in [-0.05, 0) is 56.4 Å². The normalized spacial score (nSPS) is 20.3. The minimum absolute atomic E-state index is 0.0182. The van der Waals surface area contributed by atoms with Gasteiger partial charge >= 0.3 is 0 Å². The van der Waals surface area contributed by atoms with Crippen molar-refractivity contribution in [3.63, 3.8) is 0 Å². The molecule has 1 aliphatic rings. The monoisotopic (exact) mass is 338 g/mol. The zero-order chi connectivity index (χ0) is 17.0. The zero-order valence-electron chi connectivity index (χ0n) is 14.1. The Hall–Kier alpha value is -1.40. The molecule has 2 atom stereocenters. The Morgan fingerprint density at radius 2 is 2.00 bits per heavy atom. The van der Waals surface area contributed by atoms with Crippen molar-refractivity contribution in [2.45, 2.75) is 51.0 Å². The van der Waals surface area contributed by atoms with Gasteiger partial charge in [-0.3, -0.25) is 4.79 Å². The molecule has 1 amide bonds. The predicted octanol–water partition coefficient (Wildman–Crippen LogP) is 2.64. The van der Waals surface area contributed by atoms with Gasteiger partial charge in [0.2, 0.25) is 10.0 Å². The molecule has 0 aromatic heterocycles. The van der Waals surface area contributed by atoms with Crippen LogP contribution in [-0.4, -0.2) is 38.4 Å². The highest BCUT2D eigenvalue weighted by Crippen LogP contribution is 2.19. The van der Waals surface area contributed by atoms with Crippen LogP contribution < -0.4 is 4.72 Å². The van der Waals surface area contributed by atoms with Crippen LogP contribution in [0.15, 0.2) is 29.2 Å². The van der Waals surface area contributed by atoms with Crippen molar-refractivity contribution in [1.29, 1.82) is 0 Å². The summed E-state index contributed by atoms with van der Waals surface area (Å²) in [7, 11) is -3.52. The molecule has 1 aromatic carbocycles. The van der Waals surface area contributed by atoms with E-state index >= 15 is 0 Å². The van der Waals surface area contributed by atoms with Crippen molar-refractivity contribution >= 4 is 15.9 Å². The fourth-order valence-electron chi connectivity index (χ4n) is 2.75. The Labute approximate surface area is 139 Å². The quantitative estimate of drug-likeness (QED) is 0.897. The van der Waals surface area contributed by atoms with Gasteiger partial charge in [-0.2, -0.15) is 0 Å². The molecule has 0 aliphatic carbocycles. The summed E-state index contributed by atoms with van der Waals surface area (Å²) in [6.45, 7) is 7.45. The first-order valence-corrected chi connectivity index (χ1v) is 9.73. The van der Waals surface area contributed by atoms with Crippen molar-refractivity contribution in [3.8, 4) is 0 Å². The van der Waals surface area contributed by atoms with E-state index < -0.39 is 10.0 Å².